The number of benzene rings is 2. The molecule has 0 aromatic heterocycles. The van der Waals surface area contributed by atoms with E-state index in [0.29, 0.717) is 0 Å². The maximum absolute atomic E-state index is 10.7. The van der Waals surface area contributed by atoms with Gasteiger partial charge in [-0.3, -0.25) is 0 Å². The normalized spacial score (nSPS) is 20.0. The van der Waals surface area contributed by atoms with Crippen molar-refractivity contribution < 1.29 is 5.11 Å². The zero-order valence-corrected chi connectivity index (χ0v) is 13.2. The molecule has 2 heteroatoms. The number of hydrogen-bond acceptors (Lipinski definition) is 2. The Kier molecular flexibility index (Phi) is 4.60. The van der Waals surface area contributed by atoms with Gasteiger partial charge in [-0.15, -0.1) is 0 Å². The van der Waals surface area contributed by atoms with E-state index in [9.17, 15) is 5.11 Å². The fraction of sp³-hybridized carbons (Fsp3) is 0.400. The molecule has 2 aromatic carbocycles. The van der Waals surface area contributed by atoms with Crippen LogP contribution in [0.15, 0.2) is 60.7 Å². The van der Waals surface area contributed by atoms with Gasteiger partial charge in [-0.1, -0.05) is 67.6 Å². The smallest absolute Gasteiger partial charge is 0.0704 e. The van der Waals surface area contributed by atoms with E-state index in [1.807, 2.05) is 12.1 Å². The summed E-state index contributed by atoms with van der Waals surface area (Å²) in [5.74, 6) is 0. The van der Waals surface area contributed by atoms with Crippen LogP contribution < -0.4 is 5.32 Å². The summed E-state index contributed by atoms with van der Waals surface area (Å²) >= 11 is 0. The van der Waals surface area contributed by atoms with Crippen molar-refractivity contribution >= 4 is 0 Å². The van der Waals surface area contributed by atoms with Gasteiger partial charge < -0.3 is 10.4 Å². The van der Waals surface area contributed by atoms with Crippen LogP contribution in [-0.2, 0) is 5.41 Å². The van der Waals surface area contributed by atoms with Gasteiger partial charge in [0.2, 0.25) is 0 Å². The molecule has 1 aliphatic rings. The molecular formula is C20H25NO. The lowest BCUT2D eigenvalue weighted by Gasteiger charge is -2.35. The molecule has 2 aromatic rings. The highest BCUT2D eigenvalue weighted by atomic mass is 16.3. The lowest BCUT2D eigenvalue weighted by molar-refractivity contribution is 0.108. The molecule has 0 radical (unpaired) electrons. The van der Waals surface area contributed by atoms with Gasteiger partial charge in [0.15, 0.2) is 0 Å². The Morgan fingerprint density at radius 2 is 1.59 bits per heavy atom. The third kappa shape index (κ3) is 3.08. The molecule has 1 aliphatic heterocycles. The van der Waals surface area contributed by atoms with Gasteiger partial charge >= 0.3 is 0 Å². The molecule has 2 atom stereocenters. The number of aliphatic hydroxyl groups excluding tert-OH is 1. The molecule has 116 valence electrons. The third-order valence-electron chi connectivity index (χ3n) is 5.00. The summed E-state index contributed by atoms with van der Waals surface area (Å²) in [6, 6.07) is 21.3. The van der Waals surface area contributed by atoms with Gasteiger partial charge in [-0.05, 0) is 36.9 Å². The predicted octanol–water partition coefficient (Wildman–Crippen LogP) is 3.50. The second-order valence-corrected chi connectivity index (χ2v) is 6.54. The highest BCUT2D eigenvalue weighted by Gasteiger charge is 2.34. The first-order valence-corrected chi connectivity index (χ1v) is 8.23. The summed E-state index contributed by atoms with van der Waals surface area (Å²) in [6.45, 7) is 3.27. The molecule has 22 heavy (non-hydrogen) atoms. The van der Waals surface area contributed by atoms with Crippen molar-refractivity contribution in [3.63, 3.8) is 0 Å². The Morgan fingerprint density at radius 1 is 1.05 bits per heavy atom. The van der Waals surface area contributed by atoms with E-state index < -0.39 is 0 Å². The van der Waals surface area contributed by atoms with Gasteiger partial charge in [-0.25, -0.2) is 0 Å². The fourth-order valence-electron chi connectivity index (χ4n) is 3.61. The van der Waals surface area contributed by atoms with E-state index in [2.05, 4.69) is 60.8 Å². The second-order valence-electron chi connectivity index (χ2n) is 6.54. The number of aliphatic hydroxyl groups is 1. The molecular weight excluding hydrogens is 270 g/mol. The van der Waals surface area contributed by atoms with E-state index in [4.69, 9.17) is 0 Å². The fourth-order valence-corrected chi connectivity index (χ4v) is 3.61. The van der Waals surface area contributed by atoms with E-state index in [1.165, 1.54) is 11.1 Å². The molecule has 1 saturated heterocycles. The molecule has 0 saturated carbocycles. The average Bonchev–Trinajstić information content (AvgIpc) is 3.11. The number of rotatable bonds is 5. The predicted molar refractivity (Wildman–Crippen MR) is 91.0 cm³/mol. The minimum Gasteiger partial charge on any atom is -0.391 e. The monoisotopic (exact) mass is 295 g/mol. The molecule has 2 N–H and O–H groups in total. The Morgan fingerprint density at radius 3 is 2.05 bits per heavy atom. The lowest BCUT2D eigenvalue weighted by Crippen LogP contribution is -2.40. The lowest BCUT2D eigenvalue weighted by atomic mass is 9.71. The van der Waals surface area contributed by atoms with Crippen molar-refractivity contribution in [2.45, 2.75) is 43.7 Å². The molecule has 0 spiro atoms. The van der Waals surface area contributed by atoms with E-state index in [0.717, 1.165) is 25.8 Å². The van der Waals surface area contributed by atoms with Crippen LogP contribution in [-0.4, -0.2) is 23.8 Å². The number of hydrogen-bond donors (Lipinski definition) is 2. The van der Waals surface area contributed by atoms with Gasteiger partial charge in [0.05, 0.1) is 6.10 Å². The summed E-state index contributed by atoms with van der Waals surface area (Å²) in [7, 11) is 0. The molecule has 0 bridgehead atoms. The quantitative estimate of drug-likeness (QED) is 0.885. The van der Waals surface area contributed by atoms with Crippen molar-refractivity contribution in [1.29, 1.82) is 0 Å². The van der Waals surface area contributed by atoms with Crippen molar-refractivity contribution in [2.24, 2.45) is 0 Å². The van der Waals surface area contributed by atoms with Crippen LogP contribution in [0.2, 0.25) is 0 Å². The Labute approximate surface area is 133 Å². The summed E-state index contributed by atoms with van der Waals surface area (Å²) in [5, 5.41) is 14.2. The molecule has 1 fully saturated rings. The first-order chi connectivity index (χ1) is 10.7. The highest BCUT2D eigenvalue weighted by molar-refractivity contribution is 5.38. The van der Waals surface area contributed by atoms with E-state index in [1.54, 1.807) is 0 Å². The van der Waals surface area contributed by atoms with Crippen LogP contribution >= 0.6 is 0 Å². The molecule has 0 amide bonds. The Balaban J connectivity index is 1.93. The Bertz CT molecular complexity index is 536. The highest BCUT2D eigenvalue weighted by Crippen LogP contribution is 2.37. The van der Waals surface area contributed by atoms with Crippen molar-refractivity contribution in [2.75, 3.05) is 6.54 Å². The zero-order chi connectivity index (χ0) is 15.4. The molecule has 1 heterocycles. The molecule has 0 unspecified atom stereocenters. The molecule has 2 nitrogen and oxygen atoms in total. The second kappa shape index (κ2) is 6.64. The third-order valence-corrected chi connectivity index (χ3v) is 5.00. The summed E-state index contributed by atoms with van der Waals surface area (Å²) in [4.78, 5) is 0. The van der Waals surface area contributed by atoms with E-state index >= 15 is 0 Å². The zero-order valence-electron chi connectivity index (χ0n) is 13.2. The van der Waals surface area contributed by atoms with Gasteiger partial charge in [0.25, 0.3) is 0 Å². The van der Waals surface area contributed by atoms with Crippen LogP contribution in [0.3, 0.4) is 0 Å². The van der Waals surface area contributed by atoms with Crippen molar-refractivity contribution in [3.8, 4) is 0 Å². The Hall–Kier alpha value is -1.64. The van der Waals surface area contributed by atoms with Crippen LogP contribution in [0, 0.1) is 0 Å². The topological polar surface area (TPSA) is 32.3 Å². The summed E-state index contributed by atoms with van der Waals surface area (Å²) < 4.78 is 0. The van der Waals surface area contributed by atoms with Crippen LogP contribution in [0.1, 0.15) is 37.3 Å². The minimum atomic E-state index is -0.326. The SMILES string of the molecule is CC(C[C@@H](O)[C@@H]1CCCN1)(c1ccccc1)c1ccccc1. The van der Waals surface area contributed by atoms with Gasteiger partial charge in [0, 0.05) is 11.5 Å². The van der Waals surface area contributed by atoms with E-state index in [-0.39, 0.29) is 17.6 Å². The maximum Gasteiger partial charge on any atom is 0.0704 e. The largest absolute Gasteiger partial charge is 0.391 e. The standard InChI is InChI=1S/C20H25NO/c1-20(16-9-4-2-5-10-16,17-11-6-3-7-12-17)15-19(22)18-13-8-14-21-18/h2-7,9-12,18-19,21-22H,8,13-15H2,1H3/t18-,19+/m0/s1. The van der Waals surface area contributed by atoms with Crippen molar-refractivity contribution in [3.05, 3.63) is 71.8 Å². The van der Waals surface area contributed by atoms with Crippen molar-refractivity contribution in [1.82, 2.24) is 5.32 Å². The summed E-state index contributed by atoms with van der Waals surface area (Å²) in [5.41, 5.74) is 2.35. The first-order valence-electron chi connectivity index (χ1n) is 8.23. The van der Waals surface area contributed by atoms with Gasteiger partial charge in [0.1, 0.15) is 0 Å². The van der Waals surface area contributed by atoms with Crippen LogP contribution in [0.25, 0.3) is 0 Å². The number of nitrogens with one attached hydrogen (secondary N) is 1. The van der Waals surface area contributed by atoms with Crippen LogP contribution in [0.5, 0.6) is 0 Å². The van der Waals surface area contributed by atoms with Gasteiger partial charge in [-0.2, -0.15) is 0 Å². The minimum absolute atomic E-state index is 0.174. The first kappa shape index (κ1) is 15.3. The van der Waals surface area contributed by atoms with Crippen LogP contribution in [0.4, 0.5) is 0 Å². The molecule has 3 rings (SSSR count). The summed E-state index contributed by atoms with van der Waals surface area (Å²) in [6.07, 6.45) is 2.64. The average molecular weight is 295 g/mol. The maximum atomic E-state index is 10.7. The molecule has 0 aliphatic carbocycles.